The monoisotopic (exact) mass is 359 g/mol. The zero-order valence-electron chi connectivity index (χ0n) is 14.8. The summed E-state index contributed by atoms with van der Waals surface area (Å²) in [6.07, 6.45) is 1.57. The van der Waals surface area contributed by atoms with Crippen LogP contribution in [-0.4, -0.2) is 29.9 Å². The van der Waals surface area contributed by atoms with Crippen molar-refractivity contribution >= 4 is 11.8 Å². The van der Waals surface area contributed by atoms with E-state index in [2.05, 4.69) is 15.6 Å². The van der Waals surface area contributed by atoms with Gasteiger partial charge in [-0.1, -0.05) is 66.7 Å². The Morgan fingerprint density at radius 1 is 0.741 bits per heavy atom. The third-order valence-electron chi connectivity index (χ3n) is 4.14. The van der Waals surface area contributed by atoms with E-state index in [0.29, 0.717) is 18.8 Å². The molecule has 3 aromatic rings. The van der Waals surface area contributed by atoms with Gasteiger partial charge in [-0.3, -0.25) is 14.6 Å². The first-order valence-electron chi connectivity index (χ1n) is 8.82. The molecule has 0 fully saturated rings. The van der Waals surface area contributed by atoms with E-state index in [-0.39, 0.29) is 17.7 Å². The van der Waals surface area contributed by atoms with Crippen LogP contribution in [-0.2, 0) is 4.79 Å². The van der Waals surface area contributed by atoms with Gasteiger partial charge in [0, 0.05) is 19.3 Å². The molecule has 0 aliphatic heterocycles. The van der Waals surface area contributed by atoms with E-state index in [9.17, 15) is 9.59 Å². The molecule has 0 aliphatic rings. The number of rotatable bonds is 7. The van der Waals surface area contributed by atoms with Crippen molar-refractivity contribution in [1.29, 1.82) is 0 Å². The summed E-state index contributed by atoms with van der Waals surface area (Å²) in [5.74, 6) is -0.745. The van der Waals surface area contributed by atoms with Crippen LogP contribution in [0.3, 0.4) is 0 Å². The van der Waals surface area contributed by atoms with Gasteiger partial charge in [-0.15, -0.1) is 0 Å². The molecule has 0 saturated heterocycles. The predicted molar refractivity (Wildman–Crippen MR) is 104 cm³/mol. The van der Waals surface area contributed by atoms with E-state index in [1.165, 1.54) is 0 Å². The summed E-state index contributed by atoms with van der Waals surface area (Å²) >= 11 is 0. The normalized spacial score (nSPS) is 10.4. The van der Waals surface area contributed by atoms with E-state index >= 15 is 0 Å². The highest BCUT2D eigenvalue weighted by Crippen LogP contribution is 2.24. The van der Waals surface area contributed by atoms with Gasteiger partial charge in [0.05, 0.1) is 5.92 Å². The van der Waals surface area contributed by atoms with Gasteiger partial charge in [0.1, 0.15) is 5.69 Å². The van der Waals surface area contributed by atoms with Gasteiger partial charge >= 0.3 is 0 Å². The van der Waals surface area contributed by atoms with E-state index in [1.54, 1.807) is 24.4 Å². The summed E-state index contributed by atoms with van der Waals surface area (Å²) in [6.45, 7) is 0.672. The van der Waals surface area contributed by atoms with Gasteiger partial charge < -0.3 is 10.6 Å². The van der Waals surface area contributed by atoms with Crippen LogP contribution in [0, 0.1) is 0 Å². The van der Waals surface area contributed by atoms with Crippen molar-refractivity contribution in [2.45, 2.75) is 5.92 Å². The summed E-state index contributed by atoms with van der Waals surface area (Å²) in [5.41, 5.74) is 2.22. The molecular formula is C22H21N3O2. The lowest BCUT2D eigenvalue weighted by Gasteiger charge is -2.18. The van der Waals surface area contributed by atoms with E-state index in [4.69, 9.17) is 0 Å². The summed E-state index contributed by atoms with van der Waals surface area (Å²) in [6, 6.07) is 24.5. The number of benzene rings is 2. The number of nitrogens with one attached hydrogen (secondary N) is 2. The number of carbonyl (C=O) groups is 2. The fraction of sp³-hybridized carbons (Fsp3) is 0.136. The van der Waals surface area contributed by atoms with Gasteiger partial charge in [0.2, 0.25) is 5.91 Å². The molecule has 5 nitrogen and oxygen atoms in total. The molecule has 0 unspecified atom stereocenters. The Balaban J connectivity index is 1.59. The van der Waals surface area contributed by atoms with Crippen LogP contribution in [0.15, 0.2) is 85.1 Å². The highest BCUT2D eigenvalue weighted by molar-refractivity contribution is 5.92. The fourth-order valence-electron chi connectivity index (χ4n) is 2.84. The first kappa shape index (κ1) is 18.3. The van der Waals surface area contributed by atoms with E-state index in [0.717, 1.165) is 11.1 Å². The molecule has 1 aromatic heterocycles. The Labute approximate surface area is 158 Å². The van der Waals surface area contributed by atoms with Crippen molar-refractivity contribution < 1.29 is 9.59 Å². The summed E-state index contributed by atoms with van der Waals surface area (Å²) in [4.78, 5) is 28.8. The van der Waals surface area contributed by atoms with Gasteiger partial charge in [-0.05, 0) is 23.3 Å². The largest absolute Gasteiger partial charge is 0.354 e. The van der Waals surface area contributed by atoms with Crippen molar-refractivity contribution in [2.75, 3.05) is 13.1 Å². The zero-order chi connectivity index (χ0) is 18.9. The SMILES string of the molecule is O=C(NCCNC(=O)C(c1ccccc1)c1ccccc1)c1ccccn1. The van der Waals surface area contributed by atoms with Gasteiger partial charge in [-0.25, -0.2) is 0 Å². The Hall–Kier alpha value is -3.47. The lowest BCUT2D eigenvalue weighted by molar-refractivity contribution is -0.121. The van der Waals surface area contributed by atoms with Gasteiger partial charge in [0.25, 0.3) is 5.91 Å². The molecule has 0 bridgehead atoms. The second-order valence-corrected chi connectivity index (χ2v) is 6.02. The Morgan fingerprint density at radius 2 is 1.30 bits per heavy atom. The van der Waals surface area contributed by atoms with Gasteiger partial charge in [-0.2, -0.15) is 0 Å². The second-order valence-electron chi connectivity index (χ2n) is 6.02. The first-order chi connectivity index (χ1) is 13.3. The fourth-order valence-corrected chi connectivity index (χ4v) is 2.84. The van der Waals surface area contributed by atoms with Crippen molar-refractivity contribution in [3.05, 3.63) is 102 Å². The topological polar surface area (TPSA) is 71.1 Å². The lowest BCUT2D eigenvalue weighted by atomic mass is 9.90. The average Bonchev–Trinajstić information content (AvgIpc) is 2.73. The van der Waals surface area contributed by atoms with E-state index < -0.39 is 0 Å². The minimum Gasteiger partial charge on any atom is -0.354 e. The number of hydrogen-bond donors (Lipinski definition) is 2. The van der Waals surface area contributed by atoms with Crippen molar-refractivity contribution in [3.63, 3.8) is 0 Å². The molecule has 27 heavy (non-hydrogen) atoms. The smallest absolute Gasteiger partial charge is 0.269 e. The maximum atomic E-state index is 12.8. The molecule has 0 spiro atoms. The molecular weight excluding hydrogens is 338 g/mol. The molecule has 0 aliphatic carbocycles. The molecule has 0 saturated carbocycles. The standard InChI is InChI=1S/C22H21N3O2/c26-21(19-13-7-8-14-23-19)24-15-16-25-22(27)20(17-9-3-1-4-10-17)18-11-5-2-6-12-18/h1-14,20H,15-16H2,(H,24,26)(H,25,27). The minimum atomic E-state index is -0.390. The lowest BCUT2D eigenvalue weighted by Crippen LogP contribution is -2.37. The molecule has 0 atom stereocenters. The van der Waals surface area contributed by atoms with Gasteiger partial charge in [0.15, 0.2) is 0 Å². The molecule has 2 N–H and O–H groups in total. The van der Waals surface area contributed by atoms with Crippen molar-refractivity contribution in [1.82, 2.24) is 15.6 Å². The first-order valence-corrected chi connectivity index (χ1v) is 8.82. The molecule has 0 radical (unpaired) electrons. The number of carbonyl (C=O) groups excluding carboxylic acids is 2. The quantitative estimate of drug-likeness (QED) is 0.637. The maximum absolute atomic E-state index is 12.8. The Kier molecular flexibility index (Phi) is 6.30. The molecule has 2 aromatic carbocycles. The predicted octanol–water partition coefficient (Wildman–Crippen LogP) is 2.76. The van der Waals surface area contributed by atoms with Crippen LogP contribution in [0.1, 0.15) is 27.5 Å². The average molecular weight is 359 g/mol. The molecule has 136 valence electrons. The third kappa shape index (κ3) is 5.01. The van der Waals surface area contributed by atoms with Crippen LogP contribution < -0.4 is 10.6 Å². The minimum absolute atomic E-state index is 0.0977. The van der Waals surface area contributed by atoms with Crippen LogP contribution >= 0.6 is 0 Å². The maximum Gasteiger partial charge on any atom is 0.269 e. The second kappa shape index (κ2) is 9.29. The highest BCUT2D eigenvalue weighted by atomic mass is 16.2. The summed E-state index contributed by atoms with van der Waals surface area (Å²) < 4.78 is 0. The van der Waals surface area contributed by atoms with Crippen molar-refractivity contribution in [2.24, 2.45) is 0 Å². The highest BCUT2D eigenvalue weighted by Gasteiger charge is 2.22. The number of amides is 2. The summed E-state index contributed by atoms with van der Waals surface area (Å²) in [5, 5.41) is 5.67. The van der Waals surface area contributed by atoms with Crippen LogP contribution in [0.4, 0.5) is 0 Å². The van der Waals surface area contributed by atoms with Crippen LogP contribution in [0.25, 0.3) is 0 Å². The van der Waals surface area contributed by atoms with Crippen LogP contribution in [0.2, 0.25) is 0 Å². The Bertz CT molecular complexity index is 828. The molecule has 5 heteroatoms. The molecule has 2 amide bonds. The number of pyridine rings is 1. The third-order valence-corrected chi connectivity index (χ3v) is 4.14. The number of nitrogens with zero attached hydrogens (tertiary/aromatic N) is 1. The number of hydrogen-bond acceptors (Lipinski definition) is 3. The molecule has 3 rings (SSSR count). The van der Waals surface area contributed by atoms with E-state index in [1.807, 2.05) is 60.7 Å². The zero-order valence-corrected chi connectivity index (χ0v) is 14.8. The van der Waals surface area contributed by atoms with Crippen molar-refractivity contribution in [3.8, 4) is 0 Å². The Morgan fingerprint density at radius 3 is 1.85 bits per heavy atom. The molecule has 1 heterocycles. The van der Waals surface area contributed by atoms with Crippen LogP contribution in [0.5, 0.6) is 0 Å². The summed E-state index contributed by atoms with van der Waals surface area (Å²) in [7, 11) is 0. The number of aromatic nitrogens is 1.